The van der Waals surface area contributed by atoms with E-state index in [0.29, 0.717) is 5.92 Å². The fourth-order valence-corrected chi connectivity index (χ4v) is 3.29. The number of para-hydroxylation sites is 1. The van der Waals surface area contributed by atoms with Gasteiger partial charge in [0.05, 0.1) is 6.10 Å². The summed E-state index contributed by atoms with van der Waals surface area (Å²) in [6.07, 6.45) is 4.21. The van der Waals surface area contributed by atoms with Crippen molar-refractivity contribution in [3.8, 4) is 0 Å². The molecule has 108 valence electrons. The summed E-state index contributed by atoms with van der Waals surface area (Å²) in [5.41, 5.74) is 2.23. The number of aryl methyl sites for hydroxylation is 1. The van der Waals surface area contributed by atoms with E-state index >= 15 is 0 Å². The van der Waals surface area contributed by atoms with Gasteiger partial charge < -0.3 is 14.8 Å². The molecule has 0 spiro atoms. The highest BCUT2D eigenvalue weighted by molar-refractivity contribution is 5.82. The van der Waals surface area contributed by atoms with Gasteiger partial charge in [0, 0.05) is 17.5 Å². The molecule has 1 aliphatic rings. The number of nitrogens with one attached hydrogen (secondary N) is 1. The van der Waals surface area contributed by atoms with Crippen LogP contribution in [0.15, 0.2) is 28.7 Å². The molecule has 3 rings (SSSR count). The number of benzene rings is 1. The molecule has 2 aromatic rings. The Morgan fingerprint density at radius 3 is 3.00 bits per heavy atom. The van der Waals surface area contributed by atoms with E-state index < -0.39 is 0 Å². The average Bonchev–Trinajstić information content (AvgIpc) is 2.75. The topological polar surface area (TPSA) is 45.4 Å². The van der Waals surface area contributed by atoms with Gasteiger partial charge in [-0.25, -0.2) is 0 Å². The van der Waals surface area contributed by atoms with Gasteiger partial charge in [-0.1, -0.05) is 24.6 Å². The van der Waals surface area contributed by atoms with E-state index in [4.69, 9.17) is 4.42 Å². The zero-order valence-corrected chi connectivity index (χ0v) is 12.1. The molecule has 0 radical (unpaired) electrons. The lowest BCUT2D eigenvalue weighted by Gasteiger charge is -2.26. The number of rotatable bonds is 4. The van der Waals surface area contributed by atoms with Crippen LogP contribution in [0.2, 0.25) is 0 Å². The summed E-state index contributed by atoms with van der Waals surface area (Å²) in [5.74, 6) is 1.61. The van der Waals surface area contributed by atoms with Crippen molar-refractivity contribution in [3.05, 3.63) is 35.6 Å². The Hall–Kier alpha value is -1.32. The molecule has 0 bridgehead atoms. The van der Waals surface area contributed by atoms with E-state index in [2.05, 4.69) is 17.4 Å². The second kappa shape index (κ2) is 5.98. The number of hydrogen-bond acceptors (Lipinski definition) is 3. The van der Waals surface area contributed by atoms with Crippen LogP contribution < -0.4 is 5.32 Å². The van der Waals surface area contributed by atoms with Crippen molar-refractivity contribution >= 4 is 11.0 Å². The quantitative estimate of drug-likeness (QED) is 0.897. The Balaban J connectivity index is 1.61. The standard InChI is InChI=1S/C17H23NO2/c1-12-16(15-7-2-3-8-17(15)20-12)11-18-10-13-5-4-6-14(19)9-13/h2-3,7-8,13-14,18-19H,4-6,9-11H2,1H3. The molecule has 3 nitrogen and oxygen atoms in total. The van der Waals surface area contributed by atoms with Gasteiger partial charge in [0.2, 0.25) is 0 Å². The van der Waals surface area contributed by atoms with Crippen LogP contribution in [0.1, 0.15) is 37.0 Å². The molecular weight excluding hydrogens is 250 g/mol. The van der Waals surface area contributed by atoms with Crippen molar-refractivity contribution < 1.29 is 9.52 Å². The minimum atomic E-state index is -0.0907. The SMILES string of the molecule is Cc1oc2ccccc2c1CNCC1CCCC(O)C1. The summed E-state index contributed by atoms with van der Waals surface area (Å²) in [6, 6.07) is 8.20. The molecule has 0 amide bonds. The van der Waals surface area contributed by atoms with Crippen molar-refractivity contribution in [2.24, 2.45) is 5.92 Å². The Labute approximate surface area is 120 Å². The van der Waals surface area contributed by atoms with Gasteiger partial charge in [0.1, 0.15) is 11.3 Å². The Bertz CT molecular complexity index is 575. The molecule has 2 unspecified atom stereocenters. The van der Waals surface area contributed by atoms with Crippen LogP contribution in [-0.2, 0) is 6.54 Å². The predicted octanol–water partition coefficient (Wildman–Crippen LogP) is 3.38. The van der Waals surface area contributed by atoms with E-state index in [0.717, 1.165) is 43.7 Å². The second-order valence-electron chi connectivity index (χ2n) is 5.95. The normalized spacial score (nSPS) is 23.3. The molecule has 1 aromatic carbocycles. The van der Waals surface area contributed by atoms with E-state index in [9.17, 15) is 5.11 Å². The first-order valence-corrected chi connectivity index (χ1v) is 7.60. The van der Waals surface area contributed by atoms with Crippen LogP contribution in [0.25, 0.3) is 11.0 Å². The zero-order valence-electron chi connectivity index (χ0n) is 12.1. The van der Waals surface area contributed by atoms with Crippen molar-refractivity contribution in [3.63, 3.8) is 0 Å². The molecule has 1 heterocycles. The van der Waals surface area contributed by atoms with Gasteiger partial charge >= 0.3 is 0 Å². The fourth-order valence-electron chi connectivity index (χ4n) is 3.29. The molecule has 1 aromatic heterocycles. The van der Waals surface area contributed by atoms with Crippen molar-refractivity contribution in [2.75, 3.05) is 6.54 Å². The van der Waals surface area contributed by atoms with Crippen LogP contribution >= 0.6 is 0 Å². The van der Waals surface area contributed by atoms with E-state index in [-0.39, 0.29) is 6.10 Å². The summed E-state index contributed by atoms with van der Waals surface area (Å²) in [7, 11) is 0. The molecule has 20 heavy (non-hydrogen) atoms. The van der Waals surface area contributed by atoms with Crippen molar-refractivity contribution in [2.45, 2.75) is 45.3 Å². The molecule has 3 heteroatoms. The first-order valence-electron chi connectivity index (χ1n) is 7.60. The van der Waals surface area contributed by atoms with Gasteiger partial charge in [-0.3, -0.25) is 0 Å². The summed E-state index contributed by atoms with van der Waals surface area (Å²) >= 11 is 0. The number of fused-ring (bicyclic) bond motifs is 1. The smallest absolute Gasteiger partial charge is 0.134 e. The summed E-state index contributed by atoms with van der Waals surface area (Å²) in [4.78, 5) is 0. The average molecular weight is 273 g/mol. The Morgan fingerprint density at radius 1 is 1.30 bits per heavy atom. The third-order valence-electron chi connectivity index (χ3n) is 4.39. The first kappa shape index (κ1) is 13.7. The largest absolute Gasteiger partial charge is 0.461 e. The van der Waals surface area contributed by atoms with Crippen LogP contribution in [0.5, 0.6) is 0 Å². The zero-order chi connectivity index (χ0) is 13.9. The number of hydrogen-bond donors (Lipinski definition) is 2. The van der Waals surface area contributed by atoms with E-state index in [1.807, 2.05) is 19.1 Å². The number of aliphatic hydroxyl groups is 1. The van der Waals surface area contributed by atoms with E-state index in [1.165, 1.54) is 17.4 Å². The summed E-state index contributed by atoms with van der Waals surface area (Å²) < 4.78 is 5.78. The molecular formula is C17H23NO2. The Kier molecular flexibility index (Phi) is 4.08. The van der Waals surface area contributed by atoms with Crippen molar-refractivity contribution in [1.29, 1.82) is 0 Å². The van der Waals surface area contributed by atoms with Crippen LogP contribution in [-0.4, -0.2) is 17.8 Å². The Morgan fingerprint density at radius 2 is 2.15 bits per heavy atom. The molecule has 0 saturated heterocycles. The molecule has 0 aliphatic heterocycles. The van der Waals surface area contributed by atoms with E-state index in [1.54, 1.807) is 0 Å². The molecule has 1 fully saturated rings. The minimum absolute atomic E-state index is 0.0907. The third-order valence-corrected chi connectivity index (χ3v) is 4.39. The highest BCUT2D eigenvalue weighted by Crippen LogP contribution is 2.26. The van der Waals surface area contributed by atoms with Crippen LogP contribution in [0, 0.1) is 12.8 Å². The predicted molar refractivity (Wildman–Crippen MR) is 80.6 cm³/mol. The lowest BCUT2D eigenvalue weighted by molar-refractivity contribution is 0.101. The maximum Gasteiger partial charge on any atom is 0.134 e. The fraction of sp³-hybridized carbons (Fsp3) is 0.529. The maximum atomic E-state index is 9.71. The monoisotopic (exact) mass is 273 g/mol. The highest BCUT2D eigenvalue weighted by atomic mass is 16.3. The van der Waals surface area contributed by atoms with Gasteiger partial charge in [0.15, 0.2) is 0 Å². The van der Waals surface area contributed by atoms with Crippen molar-refractivity contribution in [1.82, 2.24) is 5.32 Å². The van der Waals surface area contributed by atoms with Gasteiger partial charge in [0.25, 0.3) is 0 Å². The van der Waals surface area contributed by atoms with Gasteiger partial charge in [-0.15, -0.1) is 0 Å². The lowest BCUT2D eigenvalue weighted by atomic mass is 9.87. The minimum Gasteiger partial charge on any atom is -0.461 e. The van der Waals surface area contributed by atoms with Crippen LogP contribution in [0.4, 0.5) is 0 Å². The third kappa shape index (κ3) is 2.89. The lowest BCUT2D eigenvalue weighted by Crippen LogP contribution is -2.29. The van der Waals surface area contributed by atoms with Gasteiger partial charge in [-0.05, 0) is 44.7 Å². The molecule has 1 aliphatic carbocycles. The second-order valence-corrected chi connectivity index (χ2v) is 5.95. The highest BCUT2D eigenvalue weighted by Gasteiger charge is 2.20. The van der Waals surface area contributed by atoms with Crippen LogP contribution in [0.3, 0.4) is 0 Å². The molecule has 2 atom stereocenters. The van der Waals surface area contributed by atoms with Gasteiger partial charge in [-0.2, -0.15) is 0 Å². The first-order chi connectivity index (χ1) is 9.74. The summed E-state index contributed by atoms with van der Waals surface area (Å²) in [6.45, 7) is 3.85. The summed E-state index contributed by atoms with van der Waals surface area (Å²) in [5, 5.41) is 14.5. The molecule has 2 N–H and O–H groups in total. The molecule has 1 saturated carbocycles. The maximum absolute atomic E-state index is 9.71. The number of aliphatic hydroxyl groups excluding tert-OH is 1. The number of furan rings is 1.